The molecule has 8 heteroatoms. The largest absolute Gasteiger partial charge is 0.493 e. The number of rotatable bonds is 10. The highest BCUT2D eigenvalue weighted by atomic mass is 35.5. The number of carboxylic acids is 1. The monoisotopic (exact) mass is 510 g/mol. The Balaban J connectivity index is 1.36. The molecule has 1 aliphatic heterocycles. The van der Waals surface area contributed by atoms with Gasteiger partial charge in [-0.15, -0.1) is 0 Å². The summed E-state index contributed by atoms with van der Waals surface area (Å²) < 4.78 is 22.1. The smallest absolute Gasteiger partial charge is 0.311 e. The second kappa shape index (κ2) is 11.4. The number of benzene rings is 3. The average Bonchev–Trinajstić information content (AvgIpc) is 2.89. The number of aryl methyl sites for hydroxylation is 1. The molecule has 7 nitrogen and oxygen atoms in total. The average molecular weight is 511 g/mol. The molecule has 3 aromatic carbocycles. The first-order chi connectivity index (χ1) is 17.4. The van der Waals surface area contributed by atoms with Crippen LogP contribution < -0.4 is 18.9 Å². The van der Waals surface area contributed by atoms with Gasteiger partial charge in [0.25, 0.3) is 0 Å². The molecule has 0 fully saturated rings. The molecular formula is C28H27ClO7. The van der Waals surface area contributed by atoms with Crippen molar-refractivity contribution in [1.29, 1.82) is 0 Å². The maximum Gasteiger partial charge on any atom is 0.311 e. The van der Waals surface area contributed by atoms with Gasteiger partial charge in [-0.2, -0.15) is 0 Å². The van der Waals surface area contributed by atoms with E-state index >= 15 is 0 Å². The van der Waals surface area contributed by atoms with E-state index < -0.39 is 11.9 Å². The third-order valence-corrected chi connectivity index (χ3v) is 6.42. The number of ether oxygens (including phenoxy) is 4. The number of aliphatic carboxylic acids is 1. The molecule has 1 atom stereocenters. The molecule has 0 spiro atoms. The third-order valence-electron chi connectivity index (χ3n) is 6.12. The molecule has 0 saturated carbocycles. The highest BCUT2D eigenvalue weighted by molar-refractivity contribution is 6.32. The van der Waals surface area contributed by atoms with E-state index in [2.05, 4.69) is 0 Å². The first kappa shape index (κ1) is 25.4. The third kappa shape index (κ3) is 5.74. The minimum atomic E-state index is -0.909. The molecule has 1 unspecified atom stereocenters. The Bertz CT molecular complexity index is 1250. The number of halogens is 1. The molecule has 0 amide bonds. The molecule has 1 N–H and O–H groups in total. The summed E-state index contributed by atoms with van der Waals surface area (Å²) in [5.41, 5.74) is 2.21. The van der Waals surface area contributed by atoms with Gasteiger partial charge in [0.2, 0.25) is 0 Å². The van der Waals surface area contributed by atoms with Crippen molar-refractivity contribution in [3.63, 3.8) is 0 Å². The van der Waals surface area contributed by atoms with Crippen LogP contribution in [-0.2, 0) is 11.2 Å². The molecule has 1 heterocycles. The summed E-state index contributed by atoms with van der Waals surface area (Å²) in [5, 5.41) is 9.73. The predicted octanol–water partition coefficient (Wildman–Crippen LogP) is 6.31. The second-order valence-corrected chi connectivity index (χ2v) is 8.85. The van der Waals surface area contributed by atoms with Gasteiger partial charge in [0, 0.05) is 23.6 Å². The number of methoxy groups -OCH3 is 2. The molecule has 3 aromatic rings. The number of carbonyl (C=O) groups is 2. The molecule has 0 saturated heterocycles. The van der Waals surface area contributed by atoms with E-state index in [-0.39, 0.29) is 5.78 Å². The standard InChI is InChI=1S/C28H27ClO7/c1-33-24-11-6-17(14-27(24)34-2)4-3-5-23(30)18-7-9-19(10-8-18)36-26-16-25-21(15-22(26)29)20(28(31)32)12-13-35-25/h6-11,14-16,20H,3-5,12-13H2,1-2H3,(H,31,32). The highest BCUT2D eigenvalue weighted by Crippen LogP contribution is 2.41. The Morgan fingerprint density at radius 2 is 1.75 bits per heavy atom. The second-order valence-electron chi connectivity index (χ2n) is 8.44. The topological polar surface area (TPSA) is 91.3 Å². The summed E-state index contributed by atoms with van der Waals surface area (Å²) in [6.07, 6.45) is 2.25. The maximum absolute atomic E-state index is 12.7. The molecule has 0 aliphatic carbocycles. The number of Topliss-reactive ketones (excluding diaryl/α,β-unsaturated/α-hetero) is 1. The first-order valence-electron chi connectivity index (χ1n) is 11.6. The summed E-state index contributed by atoms with van der Waals surface area (Å²) in [5.74, 6) is 1.14. The SMILES string of the molecule is COc1ccc(CCCC(=O)c2ccc(Oc3cc4c(cc3Cl)C(C(=O)O)CCO4)cc2)cc1OC. The first-order valence-corrected chi connectivity index (χ1v) is 12.0. The Labute approximate surface area is 214 Å². The Morgan fingerprint density at radius 3 is 2.44 bits per heavy atom. The zero-order valence-corrected chi connectivity index (χ0v) is 20.8. The fourth-order valence-corrected chi connectivity index (χ4v) is 4.40. The van der Waals surface area contributed by atoms with E-state index in [9.17, 15) is 14.7 Å². The van der Waals surface area contributed by atoms with Gasteiger partial charge >= 0.3 is 5.97 Å². The van der Waals surface area contributed by atoms with Crippen molar-refractivity contribution in [2.45, 2.75) is 31.6 Å². The number of ketones is 1. The van der Waals surface area contributed by atoms with E-state index in [1.54, 1.807) is 50.6 Å². The van der Waals surface area contributed by atoms with Crippen molar-refractivity contribution in [3.05, 3.63) is 76.3 Å². The lowest BCUT2D eigenvalue weighted by Gasteiger charge is -2.24. The van der Waals surface area contributed by atoms with Crippen molar-refractivity contribution < 1.29 is 33.6 Å². The number of carbonyl (C=O) groups excluding carboxylic acids is 1. The Hall–Kier alpha value is -3.71. The lowest BCUT2D eigenvalue weighted by atomic mass is 9.93. The van der Waals surface area contributed by atoms with Crippen molar-refractivity contribution in [3.8, 4) is 28.7 Å². The van der Waals surface area contributed by atoms with Crippen LogP contribution in [0.2, 0.25) is 5.02 Å². The van der Waals surface area contributed by atoms with E-state index in [0.29, 0.717) is 70.8 Å². The number of fused-ring (bicyclic) bond motifs is 1. The fourth-order valence-electron chi connectivity index (χ4n) is 4.19. The zero-order chi connectivity index (χ0) is 25.7. The lowest BCUT2D eigenvalue weighted by molar-refractivity contribution is -0.139. The molecule has 36 heavy (non-hydrogen) atoms. The van der Waals surface area contributed by atoms with E-state index in [1.807, 2.05) is 18.2 Å². The van der Waals surface area contributed by atoms with Crippen LogP contribution in [0.15, 0.2) is 54.6 Å². The van der Waals surface area contributed by atoms with Crippen molar-refractivity contribution in [2.24, 2.45) is 0 Å². The Kier molecular flexibility index (Phi) is 8.00. The van der Waals surface area contributed by atoms with Crippen LogP contribution in [0, 0.1) is 0 Å². The molecule has 4 rings (SSSR count). The molecule has 0 radical (unpaired) electrons. The molecule has 188 valence electrons. The predicted molar refractivity (Wildman–Crippen MR) is 135 cm³/mol. The minimum Gasteiger partial charge on any atom is -0.493 e. The quantitative estimate of drug-likeness (QED) is 0.320. The van der Waals surface area contributed by atoms with Crippen LogP contribution in [0.25, 0.3) is 0 Å². The molecule has 1 aliphatic rings. The summed E-state index contributed by atoms with van der Waals surface area (Å²) in [4.78, 5) is 24.2. The van der Waals surface area contributed by atoms with Gasteiger partial charge in [-0.1, -0.05) is 17.7 Å². The highest BCUT2D eigenvalue weighted by Gasteiger charge is 2.29. The van der Waals surface area contributed by atoms with Crippen LogP contribution in [0.5, 0.6) is 28.7 Å². The van der Waals surface area contributed by atoms with Crippen LogP contribution in [0.1, 0.15) is 46.7 Å². The maximum atomic E-state index is 12.7. The normalized spacial score (nSPS) is 14.4. The van der Waals surface area contributed by atoms with Crippen molar-refractivity contribution in [2.75, 3.05) is 20.8 Å². The van der Waals surface area contributed by atoms with Gasteiger partial charge in [0.05, 0.1) is 31.8 Å². The van der Waals surface area contributed by atoms with Crippen molar-refractivity contribution >= 4 is 23.4 Å². The van der Waals surface area contributed by atoms with Crippen molar-refractivity contribution in [1.82, 2.24) is 0 Å². The fraction of sp³-hybridized carbons (Fsp3) is 0.286. The lowest BCUT2D eigenvalue weighted by Crippen LogP contribution is -2.20. The van der Waals surface area contributed by atoms with Gasteiger partial charge in [-0.3, -0.25) is 9.59 Å². The Morgan fingerprint density at radius 1 is 1.00 bits per heavy atom. The van der Waals surface area contributed by atoms with Gasteiger partial charge in [0.15, 0.2) is 17.3 Å². The van der Waals surface area contributed by atoms with Crippen LogP contribution in [-0.4, -0.2) is 37.7 Å². The molecular weight excluding hydrogens is 484 g/mol. The molecule has 0 bridgehead atoms. The van der Waals surface area contributed by atoms with E-state index in [1.165, 1.54) is 0 Å². The zero-order valence-electron chi connectivity index (χ0n) is 20.1. The number of hydrogen-bond acceptors (Lipinski definition) is 6. The summed E-state index contributed by atoms with van der Waals surface area (Å²) in [7, 11) is 3.19. The minimum absolute atomic E-state index is 0.0435. The van der Waals surface area contributed by atoms with E-state index in [0.717, 1.165) is 12.0 Å². The van der Waals surface area contributed by atoms with Crippen LogP contribution >= 0.6 is 11.6 Å². The van der Waals surface area contributed by atoms with Gasteiger partial charge < -0.3 is 24.1 Å². The van der Waals surface area contributed by atoms with Gasteiger partial charge in [-0.05, 0) is 67.3 Å². The summed E-state index contributed by atoms with van der Waals surface area (Å²) in [6, 6.07) is 15.8. The number of carboxylic acid groups (broad SMARTS) is 1. The summed E-state index contributed by atoms with van der Waals surface area (Å²) >= 11 is 6.36. The summed E-state index contributed by atoms with van der Waals surface area (Å²) in [6.45, 7) is 0.313. The van der Waals surface area contributed by atoms with Gasteiger partial charge in [-0.25, -0.2) is 0 Å². The van der Waals surface area contributed by atoms with E-state index in [4.69, 9.17) is 30.5 Å². The van der Waals surface area contributed by atoms with Gasteiger partial charge in [0.1, 0.15) is 17.2 Å². The molecule has 0 aromatic heterocycles. The van der Waals surface area contributed by atoms with Crippen LogP contribution in [0.4, 0.5) is 0 Å². The number of hydrogen-bond donors (Lipinski definition) is 1. The van der Waals surface area contributed by atoms with Crippen LogP contribution in [0.3, 0.4) is 0 Å².